The normalized spacial score (nSPS) is 21.3. The minimum absolute atomic E-state index is 0. The highest BCUT2D eigenvalue weighted by Crippen LogP contribution is 2.31. The largest absolute Gasteiger partial charge is 0.496 e. The molecule has 1 heterocycles. The summed E-state index contributed by atoms with van der Waals surface area (Å²) in [5, 5.41) is 0. The van der Waals surface area contributed by atoms with Gasteiger partial charge in [0, 0.05) is 18.2 Å². The third-order valence-electron chi connectivity index (χ3n) is 4.75. The van der Waals surface area contributed by atoms with Gasteiger partial charge in [0.2, 0.25) is 0 Å². The lowest BCUT2D eigenvalue weighted by Gasteiger charge is -2.22. The number of halogens is 2. The summed E-state index contributed by atoms with van der Waals surface area (Å²) in [7, 11) is 1.79. The van der Waals surface area contributed by atoms with E-state index in [0.717, 1.165) is 38.2 Å². The summed E-state index contributed by atoms with van der Waals surface area (Å²) in [5.41, 5.74) is 10.4. The van der Waals surface area contributed by atoms with Crippen LogP contribution in [0.2, 0.25) is 0 Å². The Morgan fingerprint density at radius 2 is 1.82 bits per heavy atom. The van der Waals surface area contributed by atoms with E-state index in [1.165, 1.54) is 42.4 Å². The Morgan fingerprint density at radius 3 is 2.55 bits per heavy atom. The van der Waals surface area contributed by atoms with E-state index >= 15 is 0 Å². The number of ether oxygens (including phenoxy) is 1. The Bertz CT molecular complexity index is 482. The molecule has 0 aromatic heterocycles. The second-order valence-electron chi connectivity index (χ2n) is 6.25. The Kier molecular flexibility index (Phi) is 7.98. The van der Waals surface area contributed by atoms with Crippen molar-refractivity contribution >= 4 is 24.8 Å². The van der Waals surface area contributed by atoms with Gasteiger partial charge in [0.1, 0.15) is 5.75 Å². The summed E-state index contributed by atoms with van der Waals surface area (Å²) in [6.45, 7) is 3.28. The zero-order chi connectivity index (χ0) is 13.9. The van der Waals surface area contributed by atoms with Gasteiger partial charge in [-0.3, -0.25) is 4.90 Å². The van der Waals surface area contributed by atoms with Crippen molar-refractivity contribution in [2.45, 2.75) is 51.1 Å². The summed E-state index contributed by atoms with van der Waals surface area (Å²) in [4.78, 5) is 2.53. The second kappa shape index (κ2) is 8.97. The fourth-order valence-corrected chi connectivity index (χ4v) is 3.55. The van der Waals surface area contributed by atoms with Crippen LogP contribution >= 0.6 is 24.8 Å². The van der Waals surface area contributed by atoms with Crippen LogP contribution in [0.1, 0.15) is 42.4 Å². The van der Waals surface area contributed by atoms with Crippen molar-refractivity contribution in [2.24, 2.45) is 5.73 Å². The minimum Gasteiger partial charge on any atom is -0.496 e. The molecule has 5 heteroatoms. The van der Waals surface area contributed by atoms with E-state index in [-0.39, 0.29) is 24.8 Å². The molecule has 1 fully saturated rings. The molecule has 0 radical (unpaired) electrons. The monoisotopic (exact) mass is 346 g/mol. The van der Waals surface area contributed by atoms with Crippen molar-refractivity contribution < 1.29 is 4.74 Å². The van der Waals surface area contributed by atoms with Crippen molar-refractivity contribution in [2.75, 3.05) is 20.2 Å². The van der Waals surface area contributed by atoms with Crippen molar-refractivity contribution in [3.8, 4) is 5.75 Å². The smallest absolute Gasteiger partial charge is 0.123 e. The number of likely N-dealkylation sites (tertiary alicyclic amines) is 1. The maximum absolute atomic E-state index is 6.07. The summed E-state index contributed by atoms with van der Waals surface area (Å²) in [6, 6.07) is 5.04. The van der Waals surface area contributed by atoms with E-state index in [2.05, 4.69) is 17.0 Å². The average Bonchev–Trinajstić information content (AvgIpc) is 2.81. The first kappa shape index (κ1) is 19.6. The molecule has 1 unspecified atom stereocenters. The summed E-state index contributed by atoms with van der Waals surface area (Å²) >= 11 is 0. The first-order valence-corrected chi connectivity index (χ1v) is 7.93. The van der Waals surface area contributed by atoms with E-state index in [1.807, 2.05) is 0 Å². The minimum atomic E-state index is 0. The number of aryl methyl sites for hydroxylation is 2. The Labute approximate surface area is 146 Å². The van der Waals surface area contributed by atoms with Crippen LogP contribution in [0.3, 0.4) is 0 Å². The molecule has 2 aliphatic rings. The molecule has 1 aromatic rings. The average molecular weight is 347 g/mol. The van der Waals surface area contributed by atoms with Crippen LogP contribution in [0.15, 0.2) is 12.1 Å². The van der Waals surface area contributed by atoms with Gasteiger partial charge >= 0.3 is 0 Å². The van der Waals surface area contributed by atoms with Gasteiger partial charge in [-0.15, -0.1) is 24.8 Å². The predicted octanol–water partition coefficient (Wildman–Crippen LogP) is 3.34. The Hall–Kier alpha value is -0.480. The lowest BCUT2D eigenvalue weighted by Crippen LogP contribution is -2.26. The SMILES string of the molecule is COc1cc2c(cc1CN1CCCC(N)CC1)CCC2.Cl.Cl. The highest BCUT2D eigenvalue weighted by Gasteiger charge is 2.19. The van der Waals surface area contributed by atoms with E-state index in [1.54, 1.807) is 7.11 Å². The summed E-state index contributed by atoms with van der Waals surface area (Å²) < 4.78 is 5.61. The molecule has 126 valence electrons. The van der Waals surface area contributed by atoms with Gasteiger partial charge in [-0.05, 0) is 68.8 Å². The molecule has 1 aliphatic heterocycles. The van der Waals surface area contributed by atoms with Gasteiger partial charge in [-0.25, -0.2) is 0 Å². The molecule has 1 aromatic carbocycles. The number of methoxy groups -OCH3 is 1. The molecule has 3 nitrogen and oxygen atoms in total. The van der Waals surface area contributed by atoms with Crippen LogP contribution in [0, 0.1) is 0 Å². The van der Waals surface area contributed by atoms with E-state index in [9.17, 15) is 0 Å². The standard InChI is InChI=1S/C17H26N2O.2ClH/c1-20-17-11-14-5-2-4-13(14)10-15(17)12-19-8-3-6-16(18)7-9-19;;/h10-11,16H,2-9,12,18H2,1H3;2*1H. The highest BCUT2D eigenvalue weighted by molar-refractivity contribution is 5.85. The number of nitrogens with zero attached hydrogens (tertiary/aromatic N) is 1. The maximum Gasteiger partial charge on any atom is 0.123 e. The molecule has 0 saturated carbocycles. The van der Waals surface area contributed by atoms with Gasteiger partial charge < -0.3 is 10.5 Å². The maximum atomic E-state index is 6.07. The highest BCUT2D eigenvalue weighted by atomic mass is 35.5. The predicted molar refractivity (Wildman–Crippen MR) is 96.6 cm³/mol. The lowest BCUT2D eigenvalue weighted by molar-refractivity contribution is 0.270. The molecule has 1 aliphatic carbocycles. The van der Waals surface area contributed by atoms with Crippen LogP contribution in [0.25, 0.3) is 0 Å². The van der Waals surface area contributed by atoms with Gasteiger partial charge in [0.05, 0.1) is 7.11 Å². The zero-order valence-corrected chi connectivity index (χ0v) is 15.0. The molecule has 0 amide bonds. The van der Waals surface area contributed by atoms with E-state index in [4.69, 9.17) is 10.5 Å². The van der Waals surface area contributed by atoms with Crippen LogP contribution in [-0.4, -0.2) is 31.1 Å². The summed E-state index contributed by atoms with van der Waals surface area (Å²) in [5.74, 6) is 1.07. The third-order valence-corrected chi connectivity index (χ3v) is 4.75. The summed E-state index contributed by atoms with van der Waals surface area (Å²) in [6.07, 6.45) is 7.24. The van der Waals surface area contributed by atoms with Gasteiger partial charge in [-0.2, -0.15) is 0 Å². The van der Waals surface area contributed by atoms with E-state index < -0.39 is 0 Å². The zero-order valence-electron chi connectivity index (χ0n) is 13.3. The Morgan fingerprint density at radius 1 is 1.09 bits per heavy atom. The fourth-order valence-electron chi connectivity index (χ4n) is 3.55. The molecule has 22 heavy (non-hydrogen) atoms. The number of hydrogen-bond donors (Lipinski definition) is 1. The van der Waals surface area contributed by atoms with Gasteiger partial charge in [0.25, 0.3) is 0 Å². The number of rotatable bonds is 3. The third kappa shape index (κ3) is 4.51. The van der Waals surface area contributed by atoms with Crippen molar-refractivity contribution in [3.05, 3.63) is 28.8 Å². The van der Waals surface area contributed by atoms with Crippen molar-refractivity contribution in [1.82, 2.24) is 4.90 Å². The molecule has 2 N–H and O–H groups in total. The molecule has 3 rings (SSSR count). The van der Waals surface area contributed by atoms with Gasteiger partial charge in [0.15, 0.2) is 0 Å². The number of benzene rings is 1. The molecule has 1 saturated heterocycles. The van der Waals surface area contributed by atoms with Crippen molar-refractivity contribution in [3.63, 3.8) is 0 Å². The van der Waals surface area contributed by atoms with Crippen LogP contribution < -0.4 is 10.5 Å². The topological polar surface area (TPSA) is 38.5 Å². The fraction of sp³-hybridized carbons (Fsp3) is 0.647. The quantitative estimate of drug-likeness (QED) is 0.911. The second-order valence-corrected chi connectivity index (χ2v) is 6.25. The number of hydrogen-bond acceptors (Lipinski definition) is 3. The van der Waals surface area contributed by atoms with Crippen LogP contribution in [-0.2, 0) is 19.4 Å². The number of nitrogens with two attached hydrogens (primary N) is 1. The molecular formula is C17H28Cl2N2O. The Balaban J connectivity index is 0.00000121. The first-order chi connectivity index (χ1) is 9.76. The lowest BCUT2D eigenvalue weighted by atomic mass is 10.0. The van der Waals surface area contributed by atoms with E-state index in [0.29, 0.717) is 6.04 Å². The molecule has 1 atom stereocenters. The molecule has 0 spiro atoms. The molecule has 0 bridgehead atoms. The molecular weight excluding hydrogens is 319 g/mol. The first-order valence-electron chi connectivity index (χ1n) is 7.93. The van der Waals surface area contributed by atoms with Crippen molar-refractivity contribution in [1.29, 1.82) is 0 Å². The van der Waals surface area contributed by atoms with Crippen LogP contribution in [0.5, 0.6) is 5.75 Å². The van der Waals surface area contributed by atoms with Gasteiger partial charge in [-0.1, -0.05) is 6.07 Å². The number of fused-ring (bicyclic) bond motifs is 1. The van der Waals surface area contributed by atoms with Crippen LogP contribution in [0.4, 0.5) is 0 Å².